The molecule has 0 aromatic heterocycles. The maximum absolute atomic E-state index is 14.8. The molecule has 0 radical (unpaired) electrons. The molecule has 0 unspecified atom stereocenters. The van der Waals surface area contributed by atoms with Crippen LogP contribution in [-0.4, -0.2) is 12.4 Å². The van der Waals surface area contributed by atoms with Gasteiger partial charge < -0.3 is 0 Å². The molecular weight excluding hydrogens is 429 g/mol. The van der Waals surface area contributed by atoms with Gasteiger partial charge in [-0.3, -0.25) is 0 Å². The minimum atomic E-state index is -6.17. The van der Waals surface area contributed by atoms with Crippen molar-refractivity contribution in [3.63, 3.8) is 0 Å². The van der Waals surface area contributed by atoms with Gasteiger partial charge >= 0.3 is 18.0 Å². The number of rotatable bonds is 3. The lowest BCUT2D eigenvalue weighted by Gasteiger charge is -2.33. The lowest BCUT2D eigenvalue weighted by molar-refractivity contribution is -0.348. The first-order valence-corrected chi connectivity index (χ1v) is 8.35. The van der Waals surface area contributed by atoms with Gasteiger partial charge in [0.05, 0.1) is 0 Å². The molecule has 0 N–H and O–H groups in total. The SMILES string of the molecule is CCc1cc(Br)c(-c2ccccc2C)c(C(F)(C(F)(F)F)C(F)(F)F)c1. The second-order valence-corrected chi connectivity index (χ2v) is 6.68. The molecule has 0 saturated heterocycles. The molecule has 0 fully saturated rings. The van der Waals surface area contributed by atoms with Crippen LogP contribution in [-0.2, 0) is 12.1 Å². The van der Waals surface area contributed by atoms with Crippen LogP contribution in [0.2, 0.25) is 0 Å². The topological polar surface area (TPSA) is 0 Å². The van der Waals surface area contributed by atoms with Crippen molar-refractivity contribution in [3.8, 4) is 11.1 Å². The summed E-state index contributed by atoms with van der Waals surface area (Å²) in [6.45, 7) is 3.08. The highest BCUT2D eigenvalue weighted by Crippen LogP contribution is 2.56. The predicted molar refractivity (Wildman–Crippen MR) is 88.6 cm³/mol. The van der Waals surface area contributed by atoms with E-state index in [1.165, 1.54) is 31.2 Å². The summed E-state index contributed by atoms with van der Waals surface area (Å²) in [5.74, 6) is 0. The highest BCUT2D eigenvalue weighted by Gasteiger charge is 2.74. The molecule has 8 heteroatoms. The lowest BCUT2D eigenvalue weighted by Crippen LogP contribution is -2.50. The van der Waals surface area contributed by atoms with Gasteiger partial charge in [-0.15, -0.1) is 0 Å². The largest absolute Gasteiger partial charge is 0.435 e. The molecule has 0 heterocycles. The number of hydrogen-bond acceptors (Lipinski definition) is 0. The van der Waals surface area contributed by atoms with Crippen LogP contribution in [0.15, 0.2) is 40.9 Å². The van der Waals surface area contributed by atoms with Crippen LogP contribution in [0.4, 0.5) is 30.7 Å². The number of alkyl halides is 7. The van der Waals surface area contributed by atoms with E-state index in [9.17, 15) is 30.7 Å². The monoisotopic (exact) mass is 442 g/mol. The zero-order chi connectivity index (χ0) is 19.9. The Morgan fingerprint density at radius 2 is 1.42 bits per heavy atom. The number of halogens is 8. The molecule has 2 aromatic rings. The third-order valence-corrected chi connectivity index (χ3v) is 4.75. The van der Waals surface area contributed by atoms with Gasteiger partial charge in [0.15, 0.2) is 0 Å². The van der Waals surface area contributed by atoms with Crippen molar-refractivity contribution in [2.45, 2.75) is 38.3 Å². The minimum Gasteiger partial charge on any atom is -0.218 e. The fourth-order valence-corrected chi connectivity index (χ4v) is 3.45. The molecule has 0 atom stereocenters. The van der Waals surface area contributed by atoms with Crippen molar-refractivity contribution in [2.24, 2.45) is 0 Å². The zero-order valence-electron chi connectivity index (χ0n) is 13.7. The molecule has 0 nitrogen and oxygen atoms in total. The maximum atomic E-state index is 14.8. The Morgan fingerprint density at radius 3 is 1.88 bits per heavy atom. The number of benzene rings is 2. The molecule has 2 rings (SSSR count). The number of hydrogen-bond donors (Lipinski definition) is 0. The van der Waals surface area contributed by atoms with Gasteiger partial charge in [0.2, 0.25) is 0 Å². The molecular formula is C18H14BrF7. The Labute approximate surface area is 154 Å². The summed E-state index contributed by atoms with van der Waals surface area (Å²) in [6, 6.07) is 7.99. The summed E-state index contributed by atoms with van der Waals surface area (Å²) in [4.78, 5) is 0. The molecule has 142 valence electrons. The Balaban J connectivity index is 2.99. The minimum absolute atomic E-state index is 0.0309. The number of aryl methyl sites for hydroxylation is 2. The highest BCUT2D eigenvalue weighted by molar-refractivity contribution is 9.10. The van der Waals surface area contributed by atoms with Gasteiger partial charge in [-0.2, -0.15) is 26.3 Å². The summed E-state index contributed by atoms with van der Waals surface area (Å²) >= 11 is 3.03. The van der Waals surface area contributed by atoms with E-state index >= 15 is 0 Å². The van der Waals surface area contributed by atoms with Crippen LogP contribution in [0.3, 0.4) is 0 Å². The van der Waals surface area contributed by atoms with Gasteiger partial charge in [-0.25, -0.2) is 4.39 Å². The summed E-state index contributed by atoms with van der Waals surface area (Å²) < 4.78 is 94.8. The molecule has 0 amide bonds. The fourth-order valence-electron chi connectivity index (χ4n) is 2.73. The molecule has 0 spiro atoms. The van der Waals surface area contributed by atoms with E-state index in [2.05, 4.69) is 15.9 Å². The summed E-state index contributed by atoms with van der Waals surface area (Å²) in [5, 5.41) is 0. The summed E-state index contributed by atoms with van der Waals surface area (Å²) in [5.41, 5.74) is -6.75. The summed E-state index contributed by atoms with van der Waals surface area (Å²) in [6.07, 6.45) is -12.2. The molecule has 0 bridgehead atoms. The van der Waals surface area contributed by atoms with Gasteiger partial charge in [0.1, 0.15) is 0 Å². The third kappa shape index (κ3) is 3.35. The van der Waals surface area contributed by atoms with Crippen molar-refractivity contribution in [3.05, 3.63) is 57.6 Å². The van der Waals surface area contributed by atoms with Gasteiger partial charge in [0.25, 0.3) is 0 Å². The molecule has 0 aliphatic heterocycles. The second kappa shape index (κ2) is 6.87. The van der Waals surface area contributed by atoms with Crippen LogP contribution in [0.1, 0.15) is 23.6 Å². The Morgan fingerprint density at radius 1 is 0.885 bits per heavy atom. The van der Waals surface area contributed by atoms with Crippen LogP contribution < -0.4 is 0 Å². The molecule has 0 saturated carbocycles. The van der Waals surface area contributed by atoms with E-state index < -0.39 is 29.1 Å². The van der Waals surface area contributed by atoms with E-state index in [0.29, 0.717) is 11.6 Å². The van der Waals surface area contributed by atoms with E-state index in [1.807, 2.05) is 0 Å². The smallest absolute Gasteiger partial charge is 0.218 e. The first kappa shape index (κ1) is 20.7. The van der Waals surface area contributed by atoms with E-state index in [-0.39, 0.29) is 22.0 Å². The van der Waals surface area contributed by atoms with Crippen LogP contribution in [0, 0.1) is 6.92 Å². The Kier molecular flexibility index (Phi) is 5.48. The van der Waals surface area contributed by atoms with Crippen LogP contribution in [0.5, 0.6) is 0 Å². The first-order valence-electron chi connectivity index (χ1n) is 7.55. The molecule has 0 aliphatic carbocycles. The average molecular weight is 443 g/mol. The van der Waals surface area contributed by atoms with Gasteiger partial charge in [-0.1, -0.05) is 53.2 Å². The van der Waals surface area contributed by atoms with Crippen molar-refractivity contribution in [2.75, 3.05) is 0 Å². The molecule has 2 aromatic carbocycles. The third-order valence-electron chi connectivity index (χ3n) is 4.13. The van der Waals surface area contributed by atoms with E-state index in [0.717, 1.165) is 0 Å². The zero-order valence-corrected chi connectivity index (χ0v) is 15.3. The standard InChI is InChI=1S/C18H14BrF7/c1-3-11-8-13(16(20,17(21,22)23)18(24,25)26)15(14(19)9-11)12-7-5-4-6-10(12)2/h4-9H,3H2,1-2H3. The maximum Gasteiger partial charge on any atom is 0.435 e. The van der Waals surface area contributed by atoms with Crippen LogP contribution in [0.25, 0.3) is 11.1 Å². The Hall–Kier alpha value is -1.57. The van der Waals surface area contributed by atoms with Crippen molar-refractivity contribution < 1.29 is 30.7 Å². The van der Waals surface area contributed by atoms with Crippen molar-refractivity contribution in [1.29, 1.82) is 0 Å². The Bertz CT molecular complexity index is 792. The van der Waals surface area contributed by atoms with Gasteiger partial charge in [-0.05, 0) is 36.1 Å². The summed E-state index contributed by atoms with van der Waals surface area (Å²) in [7, 11) is 0. The van der Waals surface area contributed by atoms with E-state index in [1.54, 1.807) is 13.0 Å². The molecule has 26 heavy (non-hydrogen) atoms. The average Bonchev–Trinajstić information content (AvgIpc) is 2.52. The van der Waals surface area contributed by atoms with Crippen LogP contribution >= 0.6 is 15.9 Å². The predicted octanol–water partition coefficient (Wildman–Crippen LogP) is 7.28. The second-order valence-electron chi connectivity index (χ2n) is 5.82. The fraction of sp³-hybridized carbons (Fsp3) is 0.333. The van der Waals surface area contributed by atoms with Crippen molar-refractivity contribution in [1.82, 2.24) is 0 Å². The normalized spacial score (nSPS) is 13.2. The lowest BCUT2D eigenvalue weighted by atomic mass is 9.84. The first-order chi connectivity index (χ1) is 11.8. The van der Waals surface area contributed by atoms with E-state index in [4.69, 9.17) is 0 Å². The quantitative estimate of drug-likeness (QED) is 0.438. The molecule has 0 aliphatic rings. The highest BCUT2D eigenvalue weighted by atomic mass is 79.9. The van der Waals surface area contributed by atoms with Gasteiger partial charge in [0, 0.05) is 15.6 Å². The van der Waals surface area contributed by atoms with Crippen molar-refractivity contribution >= 4 is 15.9 Å².